The second-order valence-corrected chi connectivity index (χ2v) is 7.90. The van der Waals surface area contributed by atoms with E-state index in [1.54, 1.807) is 19.2 Å². The predicted octanol–water partition coefficient (Wildman–Crippen LogP) is 4.97. The molecule has 1 amide bonds. The van der Waals surface area contributed by atoms with Crippen molar-refractivity contribution in [3.63, 3.8) is 0 Å². The summed E-state index contributed by atoms with van der Waals surface area (Å²) in [5.41, 5.74) is 1.61. The van der Waals surface area contributed by atoms with E-state index in [0.717, 1.165) is 43.7 Å². The monoisotopic (exact) mass is 418 g/mol. The topological polar surface area (TPSA) is 41.6 Å². The molecule has 3 rings (SSSR count). The molecule has 2 aromatic carbocycles. The number of methoxy groups -OCH3 is 1. The Labute approximate surface area is 177 Å². The minimum Gasteiger partial charge on any atom is -0.497 e. The van der Waals surface area contributed by atoms with Gasteiger partial charge in [0.05, 0.1) is 13.2 Å². The van der Waals surface area contributed by atoms with Gasteiger partial charge in [-0.25, -0.2) is 4.39 Å². The number of carbonyl (C=O) groups excluding carboxylic acids is 1. The predicted molar refractivity (Wildman–Crippen MR) is 114 cm³/mol. The van der Waals surface area contributed by atoms with Gasteiger partial charge in [0.1, 0.15) is 11.6 Å². The van der Waals surface area contributed by atoms with Crippen LogP contribution in [0.5, 0.6) is 5.75 Å². The van der Waals surface area contributed by atoms with Gasteiger partial charge >= 0.3 is 0 Å². The molecular formula is C23H28ClFN2O2. The molecule has 1 saturated heterocycles. The summed E-state index contributed by atoms with van der Waals surface area (Å²) in [6.45, 7) is 4.05. The largest absolute Gasteiger partial charge is 0.497 e. The highest BCUT2D eigenvalue weighted by Gasteiger charge is 2.27. The van der Waals surface area contributed by atoms with Crippen LogP contribution in [0.15, 0.2) is 42.5 Å². The summed E-state index contributed by atoms with van der Waals surface area (Å²) in [5.74, 6) is 0.603. The third-order valence-corrected chi connectivity index (χ3v) is 6.00. The molecule has 4 nitrogen and oxygen atoms in total. The van der Waals surface area contributed by atoms with Gasteiger partial charge in [0.2, 0.25) is 5.91 Å². The average Bonchev–Trinajstić information content (AvgIpc) is 2.75. The van der Waals surface area contributed by atoms with Crippen molar-refractivity contribution in [2.45, 2.75) is 38.8 Å². The number of carbonyl (C=O) groups is 1. The molecule has 1 aliphatic heterocycles. The lowest BCUT2D eigenvalue weighted by atomic mass is 9.94. The number of rotatable bonds is 7. The molecule has 1 aliphatic rings. The van der Waals surface area contributed by atoms with Crippen molar-refractivity contribution in [2.75, 3.05) is 20.2 Å². The number of hydrogen-bond donors (Lipinski definition) is 1. The van der Waals surface area contributed by atoms with Crippen LogP contribution in [0.3, 0.4) is 0 Å². The van der Waals surface area contributed by atoms with Crippen molar-refractivity contribution >= 4 is 17.5 Å². The van der Waals surface area contributed by atoms with Gasteiger partial charge in [-0.2, -0.15) is 0 Å². The number of nitrogens with zero attached hydrogens (tertiary/aromatic N) is 1. The molecule has 0 aromatic heterocycles. The lowest BCUT2D eigenvalue weighted by Crippen LogP contribution is -2.41. The number of benzene rings is 2. The smallest absolute Gasteiger partial charge is 0.223 e. The Kier molecular flexibility index (Phi) is 7.51. The Hall–Kier alpha value is -2.11. The van der Waals surface area contributed by atoms with E-state index < -0.39 is 0 Å². The average molecular weight is 419 g/mol. The Morgan fingerprint density at radius 3 is 2.52 bits per heavy atom. The van der Waals surface area contributed by atoms with Crippen LogP contribution in [0.1, 0.15) is 43.4 Å². The van der Waals surface area contributed by atoms with E-state index in [9.17, 15) is 9.18 Å². The summed E-state index contributed by atoms with van der Waals surface area (Å²) in [6, 6.07) is 12.6. The first-order valence-corrected chi connectivity index (χ1v) is 10.5. The van der Waals surface area contributed by atoms with E-state index in [1.807, 2.05) is 24.3 Å². The molecule has 1 heterocycles. The standard InChI is InChI=1S/C23H28ClFN2O2/c1-3-22(16-7-9-18(29-2)10-8-16)26-23(28)17-11-13-27(14-12-17)15-19-20(24)5-4-6-21(19)25/h4-10,17,22H,3,11-15H2,1-2H3,(H,26,28)/t22-/m0/s1. The van der Waals surface area contributed by atoms with Crippen LogP contribution in [0, 0.1) is 11.7 Å². The van der Waals surface area contributed by atoms with Crippen LogP contribution in [-0.2, 0) is 11.3 Å². The van der Waals surface area contributed by atoms with Crippen LogP contribution < -0.4 is 10.1 Å². The number of nitrogens with one attached hydrogen (secondary N) is 1. The van der Waals surface area contributed by atoms with Crippen LogP contribution >= 0.6 is 11.6 Å². The van der Waals surface area contributed by atoms with Gasteiger partial charge in [0, 0.05) is 23.0 Å². The maximum atomic E-state index is 14.0. The molecule has 29 heavy (non-hydrogen) atoms. The second kappa shape index (κ2) is 10.1. The minimum absolute atomic E-state index is 0.0105. The Balaban J connectivity index is 1.53. The van der Waals surface area contributed by atoms with Crippen molar-refractivity contribution < 1.29 is 13.9 Å². The number of likely N-dealkylation sites (tertiary alicyclic amines) is 1. The molecule has 0 bridgehead atoms. The van der Waals surface area contributed by atoms with Crippen molar-refractivity contribution in [1.29, 1.82) is 0 Å². The van der Waals surface area contributed by atoms with Crippen LogP contribution in [0.25, 0.3) is 0 Å². The summed E-state index contributed by atoms with van der Waals surface area (Å²) in [7, 11) is 1.64. The van der Waals surface area contributed by atoms with Crippen molar-refractivity contribution in [3.05, 3.63) is 64.4 Å². The maximum absolute atomic E-state index is 14.0. The van der Waals surface area contributed by atoms with Crippen LogP contribution in [0.4, 0.5) is 4.39 Å². The first-order valence-electron chi connectivity index (χ1n) is 10.1. The van der Waals surface area contributed by atoms with E-state index in [-0.39, 0.29) is 23.7 Å². The number of piperidine rings is 1. The normalized spacial score (nSPS) is 16.4. The number of halogens is 2. The summed E-state index contributed by atoms with van der Waals surface area (Å²) in [5, 5.41) is 3.65. The number of hydrogen-bond acceptors (Lipinski definition) is 3. The molecule has 1 N–H and O–H groups in total. The summed E-state index contributed by atoms with van der Waals surface area (Å²) in [4.78, 5) is 15.0. The lowest BCUT2D eigenvalue weighted by Gasteiger charge is -2.32. The van der Waals surface area contributed by atoms with Gasteiger partial charge in [-0.15, -0.1) is 0 Å². The van der Waals surface area contributed by atoms with E-state index in [2.05, 4.69) is 17.1 Å². The van der Waals surface area contributed by atoms with E-state index in [4.69, 9.17) is 16.3 Å². The van der Waals surface area contributed by atoms with Gasteiger partial charge in [-0.1, -0.05) is 36.7 Å². The van der Waals surface area contributed by atoms with Crippen molar-refractivity contribution in [3.8, 4) is 5.75 Å². The van der Waals surface area contributed by atoms with Gasteiger partial charge in [-0.05, 0) is 62.2 Å². The number of amides is 1. The third kappa shape index (κ3) is 5.49. The first kappa shape index (κ1) is 21.6. The molecule has 0 radical (unpaired) electrons. The summed E-state index contributed by atoms with van der Waals surface area (Å²) < 4.78 is 19.2. The highest BCUT2D eigenvalue weighted by molar-refractivity contribution is 6.31. The summed E-state index contributed by atoms with van der Waals surface area (Å²) in [6.07, 6.45) is 2.34. The maximum Gasteiger partial charge on any atom is 0.223 e. The van der Waals surface area contributed by atoms with E-state index in [0.29, 0.717) is 17.1 Å². The third-order valence-electron chi connectivity index (χ3n) is 5.64. The van der Waals surface area contributed by atoms with Crippen LogP contribution in [-0.4, -0.2) is 31.0 Å². The fraction of sp³-hybridized carbons (Fsp3) is 0.435. The van der Waals surface area contributed by atoms with Gasteiger partial charge in [0.25, 0.3) is 0 Å². The second-order valence-electron chi connectivity index (χ2n) is 7.49. The molecule has 0 saturated carbocycles. The first-order chi connectivity index (χ1) is 14.0. The molecule has 156 valence electrons. The minimum atomic E-state index is -0.275. The quantitative estimate of drug-likeness (QED) is 0.690. The fourth-order valence-electron chi connectivity index (χ4n) is 3.81. The fourth-order valence-corrected chi connectivity index (χ4v) is 4.03. The highest BCUT2D eigenvalue weighted by Crippen LogP contribution is 2.26. The molecule has 0 unspecified atom stereocenters. The number of ether oxygens (including phenoxy) is 1. The molecule has 2 aromatic rings. The lowest BCUT2D eigenvalue weighted by molar-refractivity contribution is -0.127. The zero-order chi connectivity index (χ0) is 20.8. The Bertz CT molecular complexity index is 800. The van der Waals surface area contributed by atoms with E-state index in [1.165, 1.54) is 6.07 Å². The van der Waals surface area contributed by atoms with E-state index >= 15 is 0 Å². The highest BCUT2D eigenvalue weighted by atomic mass is 35.5. The Morgan fingerprint density at radius 2 is 1.93 bits per heavy atom. The van der Waals surface area contributed by atoms with Gasteiger partial charge in [0.15, 0.2) is 0 Å². The zero-order valence-electron chi connectivity index (χ0n) is 17.0. The van der Waals surface area contributed by atoms with Gasteiger partial charge in [-0.3, -0.25) is 9.69 Å². The summed E-state index contributed by atoms with van der Waals surface area (Å²) >= 11 is 6.14. The molecule has 6 heteroatoms. The van der Waals surface area contributed by atoms with Crippen molar-refractivity contribution in [1.82, 2.24) is 10.2 Å². The van der Waals surface area contributed by atoms with Gasteiger partial charge < -0.3 is 10.1 Å². The Morgan fingerprint density at radius 1 is 1.24 bits per heavy atom. The zero-order valence-corrected chi connectivity index (χ0v) is 17.7. The molecule has 1 atom stereocenters. The SMILES string of the molecule is CC[C@H](NC(=O)C1CCN(Cc2c(F)cccc2Cl)CC1)c1ccc(OC)cc1. The molecular weight excluding hydrogens is 391 g/mol. The molecule has 1 fully saturated rings. The molecule has 0 aliphatic carbocycles. The van der Waals surface area contributed by atoms with Crippen LogP contribution in [0.2, 0.25) is 5.02 Å². The molecule has 0 spiro atoms. The van der Waals surface area contributed by atoms with Crippen molar-refractivity contribution in [2.24, 2.45) is 5.92 Å².